The molecular formula is C14H22Cl2N2O2S. The van der Waals surface area contributed by atoms with Gasteiger partial charge in [-0.3, -0.25) is 4.79 Å². The van der Waals surface area contributed by atoms with E-state index in [0.717, 1.165) is 10.6 Å². The molecule has 1 amide bonds. The third kappa shape index (κ3) is 7.93. The van der Waals surface area contributed by atoms with E-state index in [1.165, 1.54) is 0 Å². The van der Waals surface area contributed by atoms with Crippen molar-refractivity contribution in [3.8, 4) is 0 Å². The zero-order chi connectivity index (χ0) is 15.0. The van der Waals surface area contributed by atoms with Gasteiger partial charge in [0, 0.05) is 23.8 Å². The van der Waals surface area contributed by atoms with Gasteiger partial charge in [0.05, 0.1) is 23.9 Å². The van der Waals surface area contributed by atoms with E-state index in [0.29, 0.717) is 23.4 Å². The molecule has 4 nitrogen and oxygen atoms in total. The monoisotopic (exact) mass is 352 g/mol. The lowest BCUT2D eigenvalue weighted by atomic mass is 10.3. The van der Waals surface area contributed by atoms with Gasteiger partial charge in [-0.15, -0.1) is 24.2 Å². The van der Waals surface area contributed by atoms with Crippen LogP contribution < -0.4 is 10.6 Å². The number of ether oxygens (including phenoxy) is 1. The van der Waals surface area contributed by atoms with Crippen molar-refractivity contribution < 1.29 is 9.53 Å². The molecule has 1 rings (SSSR count). The van der Waals surface area contributed by atoms with Crippen LogP contribution in [0.4, 0.5) is 5.69 Å². The molecule has 0 saturated heterocycles. The first-order valence-electron chi connectivity index (χ1n) is 6.49. The van der Waals surface area contributed by atoms with E-state index in [-0.39, 0.29) is 24.9 Å². The number of anilines is 1. The highest BCUT2D eigenvalue weighted by Gasteiger charge is 2.11. The van der Waals surface area contributed by atoms with Crippen LogP contribution in [0.15, 0.2) is 23.1 Å². The Hall–Kier alpha value is -0.460. The van der Waals surface area contributed by atoms with Crippen LogP contribution in [0.1, 0.15) is 13.8 Å². The molecule has 0 bridgehead atoms. The third-order valence-corrected chi connectivity index (χ3v) is 3.94. The first-order chi connectivity index (χ1) is 9.54. The number of nitrogens with one attached hydrogen (secondary N) is 2. The van der Waals surface area contributed by atoms with E-state index >= 15 is 0 Å². The smallest absolute Gasteiger partial charge is 0.238 e. The largest absolute Gasteiger partial charge is 0.383 e. The van der Waals surface area contributed by atoms with Gasteiger partial charge in [0.25, 0.3) is 0 Å². The van der Waals surface area contributed by atoms with E-state index < -0.39 is 0 Å². The summed E-state index contributed by atoms with van der Waals surface area (Å²) in [5, 5.41) is 6.95. The van der Waals surface area contributed by atoms with Crippen molar-refractivity contribution in [2.75, 3.05) is 32.1 Å². The number of carbonyl (C=O) groups is 1. The molecule has 7 heteroatoms. The summed E-state index contributed by atoms with van der Waals surface area (Å²) in [5.41, 5.74) is 0.759. The molecule has 120 valence electrons. The maximum absolute atomic E-state index is 11.9. The molecule has 0 aliphatic carbocycles. The van der Waals surface area contributed by atoms with Gasteiger partial charge in [0.15, 0.2) is 0 Å². The minimum Gasteiger partial charge on any atom is -0.383 e. The summed E-state index contributed by atoms with van der Waals surface area (Å²) in [6.07, 6.45) is 0. The standard InChI is InChI=1S/C14H21ClN2O2S.ClH/c1-10(2)20-14-11(15)5-4-6-12(14)17-13(18)9-16-7-8-19-3;/h4-6,10,16H,7-9H2,1-3H3,(H,17,18);1H. The molecule has 0 atom stereocenters. The maximum atomic E-state index is 11.9. The number of carbonyl (C=O) groups excluding carboxylic acids is 1. The lowest BCUT2D eigenvalue weighted by Gasteiger charge is -2.14. The van der Waals surface area contributed by atoms with Gasteiger partial charge in [-0.1, -0.05) is 31.5 Å². The van der Waals surface area contributed by atoms with Gasteiger partial charge < -0.3 is 15.4 Å². The van der Waals surface area contributed by atoms with Crippen molar-refractivity contribution in [2.24, 2.45) is 0 Å². The number of hydrogen-bond acceptors (Lipinski definition) is 4. The van der Waals surface area contributed by atoms with Gasteiger partial charge >= 0.3 is 0 Å². The summed E-state index contributed by atoms with van der Waals surface area (Å²) in [6, 6.07) is 5.53. The molecule has 0 aliphatic heterocycles. The van der Waals surface area contributed by atoms with Crippen LogP contribution in [-0.4, -0.2) is 38.0 Å². The Balaban J connectivity index is 0.00000400. The molecule has 0 unspecified atom stereocenters. The molecule has 1 aromatic rings. The Morgan fingerprint density at radius 1 is 1.43 bits per heavy atom. The van der Waals surface area contributed by atoms with Crippen molar-refractivity contribution >= 4 is 47.4 Å². The molecule has 0 heterocycles. The summed E-state index contributed by atoms with van der Waals surface area (Å²) >= 11 is 7.84. The normalized spacial score (nSPS) is 10.3. The zero-order valence-corrected chi connectivity index (χ0v) is 14.8. The van der Waals surface area contributed by atoms with Crippen LogP contribution in [0.5, 0.6) is 0 Å². The highest BCUT2D eigenvalue weighted by atomic mass is 35.5. The van der Waals surface area contributed by atoms with Gasteiger partial charge in [-0.05, 0) is 12.1 Å². The third-order valence-electron chi connectivity index (χ3n) is 2.36. The SMILES string of the molecule is COCCNCC(=O)Nc1cccc(Cl)c1SC(C)C.Cl. The van der Waals surface area contributed by atoms with Crippen molar-refractivity contribution in [1.29, 1.82) is 0 Å². The van der Waals surface area contributed by atoms with Crippen molar-refractivity contribution in [3.63, 3.8) is 0 Å². The Kier molecular flexibility index (Phi) is 10.9. The minimum absolute atomic E-state index is 0. The molecule has 0 saturated carbocycles. The van der Waals surface area contributed by atoms with Crippen LogP contribution >= 0.6 is 35.8 Å². The number of methoxy groups -OCH3 is 1. The molecular weight excluding hydrogens is 331 g/mol. The fourth-order valence-corrected chi connectivity index (χ4v) is 2.74. The van der Waals surface area contributed by atoms with Gasteiger partial charge in [-0.25, -0.2) is 0 Å². The first-order valence-corrected chi connectivity index (χ1v) is 7.75. The highest BCUT2D eigenvalue weighted by Crippen LogP contribution is 2.36. The molecule has 0 radical (unpaired) electrons. The lowest BCUT2D eigenvalue weighted by Crippen LogP contribution is -2.30. The molecule has 2 N–H and O–H groups in total. The van der Waals surface area contributed by atoms with Crippen LogP contribution in [0.3, 0.4) is 0 Å². The number of hydrogen-bond donors (Lipinski definition) is 2. The molecule has 0 fully saturated rings. The summed E-state index contributed by atoms with van der Waals surface area (Å²) < 4.78 is 4.91. The molecule has 0 aromatic heterocycles. The maximum Gasteiger partial charge on any atom is 0.238 e. The van der Waals surface area contributed by atoms with Crippen LogP contribution in [0.25, 0.3) is 0 Å². The number of rotatable bonds is 8. The minimum atomic E-state index is -0.0889. The second kappa shape index (κ2) is 11.2. The Morgan fingerprint density at radius 3 is 2.76 bits per heavy atom. The molecule has 1 aromatic carbocycles. The molecule has 0 spiro atoms. The van der Waals surface area contributed by atoms with Crippen LogP contribution in [0.2, 0.25) is 5.02 Å². The predicted octanol–water partition coefficient (Wildman–Crippen LogP) is 3.44. The van der Waals surface area contributed by atoms with Crippen molar-refractivity contribution in [3.05, 3.63) is 23.2 Å². The second-order valence-corrected chi connectivity index (χ2v) is 6.49. The highest BCUT2D eigenvalue weighted by molar-refractivity contribution is 8.00. The summed E-state index contributed by atoms with van der Waals surface area (Å²) in [6.45, 7) is 5.66. The van der Waals surface area contributed by atoms with E-state index in [1.54, 1.807) is 18.9 Å². The summed E-state index contributed by atoms with van der Waals surface area (Å²) in [4.78, 5) is 12.8. The van der Waals surface area contributed by atoms with Gasteiger partial charge in [0.1, 0.15) is 0 Å². The fraction of sp³-hybridized carbons (Fsp3) is 0.500. The van der Waals surface area contributed by atoms with E-state index in [4.69, 9.17) is 16.3 Å². The van der Waals surface area contributed by atoms with E-state index in [1.807, 2.05) is 18.2 Å². The van der Waals surface area contributed by atoms with Crippen molar-refractivity contribution in [1.82, 2.24) is 5.32 Å². The quantitative estimate of drug-likeness (QED) is 0.555. The van der Waals surface area contributed by atoms with Crippen LogP contribution in [0, 0.1) is 0 Å². The fourth-order valence-electron chi connectivity index (χ4n) is 1.53. The molecule has 0 aliphatic rings. The predicted molar refractivity (Wildman–Crippen MR) is 93.1 cm³/mol. The van der Waals surface area contributed by atoms with Gasteiger partial charge in [0.2, 0.25) is 5.91 Å². The summed E-state index contributed by atoms with van der Waals surface area (Å²) in [5.74, 6) is -0.0889. The average molecular weight is 353 g/mol. The van der Waals surface area contributed by atoms with Crippen molar-refractivity contribution in [2.45, 2.75) is 24.0 Å². The Labute approximate surface area is 141 Å². The van der Waals surface area contributed by atoms with Gasteiger partial charge in [-0.2, -0.15) is 0 Å². The first kappa shape index (κ1) is 20.5. The number of halogens is 2. The number of thioether (sulfide) groups is 1. The molecule has 21 heavy (non-hydrogen) atoms. The Bertz CT molecular complexity index is 445. The number of amides is 1. The second-order valence-electron chi connectivity index (χ2n) is 4.50. The van der Waals surface area contributed by atoms with Crippen LogP contribution in [-0.2, 0) is 9.53 Å². The lowest BCUT2D eigenvalue weighted by molar-refractivity contribution is -0.115. The number of benzene rings is 1. The topological polar surface area (TPSA) is 50.4 Å². The van der Waals surface area contributed by atoms with E-state index in [2.05, 4.69) is 24.5 Å². The van der Waals surface area contributed by atoms with E-state index in [9.17, 15) is 4.79 Å². The Morgan fingerprint density at radius 2 is 2.14 bits per heavy atom. The average Bonchev–Trinajstić information content (AvgIpc) is 2.38. The summed E-state index contributed by atoms with van der Waals surface area (Å²) in [7, 11) is 1.63. The zero-order valence-electron chi connectivity index (χ0n) is 12.4.